The first-order valence-corrected chi connectivity index (χ1v) is 5.35. The summed E-state index contributed by atoms with van der Waals surface area (Å²) in [6.07, 6.45) is 0.713. The van der Waals surface area contributed by atoms with Crippen LogP contribution in [0.1, 0.15) is 27.2 Å². The van der Waals surface area contributed by atoms with Crippen LogP contribution in [0.4, 0.5) is 0 Å². The quantitative estimate of drug-likeness (QED) is 0.644. The fourth-order valence-electron chi connectivity index (χ4n) is 1.98. The first-order chi connectivity index (χ1) is 6.97. The molecule has 0 radical (unpaired) electrons. The smallest absolute Gasteiger partial charge is 0.328 e. The number of rotatable bonds is 2. The molecule has 0 N–H and O–H groups in total. The number of hydrogen-bond donors (Lipinski definition) is 0. The Morgan fingerprint density at radius 2 is 2.00 bits per heavy atom. The summed E-state index contributed by atoms with van der Waals surface area (Å²) >= 11 is 0. The lowest BCUT2D eigenvalue weighted by molar-refractivity contribution is -0.152. The molecule has 1 saturated heterocycles. The third kappa shape index (κ3) is 2.49. The summed E-state index contributed by atoms with van der Waals surface area (Å²) in [6, 6.07) is -0.375. The van der Waals surface area contributed by atoms with Crippen molar-refractivity contribution in [2.75, 3.05) is 13.7 Å². The van der Waals surface area contributed by atoms with Crippen LogP contribution >= 0.6 is 0 Å². The lowest BCUT2D eigenvalue weighted by Gasteiger charge is -2.24. The number of likely N-dealkylation sites (tertiary alicyclic amines) is 1. The van der Waals surface area contributed by atoms with Gasteiger partial charge in [0.05, 0.1) is 7.11 Å². The van der Waals surface area contributed by atoms with E-state index in [9.17, 15) is 9.59 Å². The summed E-state index contributed by atoms with van der Waals surface area (Å²) in [4.78, 5) is 25.0. The minimum Gasteiger partial charge on any atom is -0.467 e. The van der Waals surface area contributed by atoms with E-state index in [-0.39, 0.29) is 23.8 Å². The molecule has 2 unspecified atom stereocenters. The molecular weight excluding hydrogens is 194 g/mol. The zero-order valence-electron chi connectivity index (χ0n) is 9.82. The van der Waals surface area contributed by atoms with E-state index >= 15 is 0 Å². The molecule has 15 heavy (non-hydrogen) atoms. The van der Waals surface area contributed by atoms with E-state index in [1.54, 1.807) is 4.90 Å². The maximum absolute atomic E-state index is 11.8. The Hall–Kier alpha value is -1.06. The van der Waals surface area contributed by atoms with Gasteiger partial charge in [0.15, 0.2) is 0 Å². The van der Waals surface area contributed by atoms with E-state index in [0.717, 1.165) is 0 Å². The molecule has 0 spiro atoms. The Balaban J connectivity index is 2.77. The maximum atomic E-state index is 11.8. The van der Waals surface area contributed by atoms with E-state index in [4.69, 9.17) is 4.74 Å². The van der Waals surface area contributed by atoms with Crippen LogP contribution in [-0.4, -0.2) is 36.5 Å². The van der Waals surface area contributed by atoms with E-state index in [1.807, 2.05) is 20.8 Å². The van der Waals surface area contributed by atoms with Gasteiger partial charge in [0.2, 0.25) is 5.91 Å². The predicted octanol–water partition coefficient (Wildman–Crippen LogP) is 1.05. The maximum Gasteiger partial charge on any atom is 0.328 e. The van der Waals surface area contributed by atoms with Gasteiger partial charge in [0.25, 0.3) is 0 Å². The van der Waals surface area contributed by atoms with Crippen LogP contribution in [0.5, 0.6) is 0 Å². The third-order valence-corrected chi connectivity index (χ3v) is 2.76. The third-order valence-electron chi connectivity index (χ3n) is 2.76. The SMILES string of the molecule is COC(=O)C1CC(C)CN1C(=O)C(C)C. The van der Waals surface area contributed by atoms with Crippen molar-refractivity contribution in [1.82, 2.24) is 4.90 Å². The zero-order chi connectivity index (χ0) is 11.6. The van der Waals surface area contributed by atoms with Crippen molar-refractivity contribution in [1.29, 1.82) is 0 Å². The number of esters is 1. The monoisotopic (exact) mass is 213 g/mol. The van der Waals surface area contributed by atoms with Crippen molar-refractivity contribution in [2.45, 2.75) is 33.2 Å². The Kier molecular flexibility index (Phi) is 3.72. The van der Waals surface area contributed by atoms with Crippen LogP contribution < -0.4 is 0 Å². The molecule has 1 aliphatic rings. The van der Waals surface area contributed by atoms with Gasteiger partial charge in [-0.15, -0.1) is 0 Å². The van der Waals surface area contributed by atoms with Gasteiger partial charge in [-0.05, 0) is 12.3 Å². The van der Waals surface area contributed by atoms with Crippen molar-refractivity contribution in [3.8, 4) is 0 Å². The lowest BCUT2D eigenvalue weighted by atomic mass is 10.1. The molecule has 86 valence electrons. The summed E-state index contributed by atoms with van der Waals surface area (Å²) in [5, 5.41) is 0. The summed E-state index contributed by atoms with van der Waals surface area (Å²) in [5.41, 5.74) is 0. The summed E-state index contributed by atoms with van der Waals surface area (Å²) in [7, 11) is 1.36. The summed E-state index contributed by atoms with van der Waals surface area (Å²) in [5.74, 6) is 0.0438. The van der Waals surface area contributed by atoms with Crippen LogP contribution in [0.25, 0.3) is 0 Å². The first kappa shape index (κ1) is 12.0. The number of nitrogens with zero attached hydrogens (tertiary/aromatic N) is 1. The molecule has 4 heteroatoms. The fourth-order valence-corrected chi connectivity index (χ4v) is 1.98. The van der Waals surface area contributed by atoms with Crippen molar-refractivity contribution in [2.24, 2.45) is 11.8 Å². The normalized spacial score (nSPS) is 25.8. The molecule has 4 nitrogen and oxygen atoms in total. The first-order valence-electron chi connectivity index (χ1n) is 5.35. The predicted molar refractivity (Wildman–Crippen MR) is 56.1 cm³/mol. The largest absolute Gasteiger partial charge is 0.467 e. The van der Waals surface area contributed by atoms with Crippen molar-refractivity contribution >= 4 is 11.9 Å². The van der Waals surface area contributed by atoms with Gasteiger partial charge < -0.3 is 9.64 Å². The highest BCUT2D eigenvalue weighted by molar-refractivity contribution is 5.86. The van der Waals surface area contributed by atoms with Gasteiger partial charge >= 0.3 is 5.97 Å². The second-order valence-corrected chi connectivity index (χ2v) is 4.53. The van der Waals surface area contributed by atoms with Crippen LogP contribution in [0, 0.1) is 11.8 Å². The van der Waals surface area contributed by atoms with Gasteiger partial charge in [0, 0.05) is 12.5 Å². The minimum absolute atomic E-state index is 0.0368. The highest BCUT2D eigenvalue weighted by Gasteiger charge is 2.38. The molecule has 1 aliphatic heterocycles. The van der Waals surface area contributed by atoms with Gasteiger partial charge in [-0.3, -0.25) is 4.79 Å². The Morgan fingerprint density at radius 3 is 2.47 bits per heavy atom. The molecule has 0 aromatic rings. The molecular formula is C11H19NO3. The molecule has 0 bridgehead atoms. The van der Waals surface area contributed by atoms with Crippen LogP contribution in [-0.2, 0) is 14.3 Å². The minimum atomic E-state index is -0.375. The fraction of sp³-hybridized carbons (Fsp3) is 0.818. The second kappa shape index (κ2) is 4.64. The molecule has 1 heterocycles. The van der Waals surface area contributed by atoms with Crippen molar-refractivity contribution in [3.63, 3.8) is 0 Å². The Labute approximate surface area is 90.6 Å². The molecule has 2 atom stereocenters. The Morgan fingerprint density at radius 1 is 1.40 bits per heavy atom. The van der Waals surface area contributed by atoms with E-state index in [1.165, 1.54) is 7.11 Å². The Bertz CT molecular complexity index is 263. The molecule has 1 amide bonds. The number of amides is 1. The second-order valence-electron chi connectivity index (χ2n) is 4.53. The van der Waals surface area contributed by atoms with Gasteiger partial charge in [-0.25, -0.2) is 4.79 Å². The molecule has 1 fully saturated rings. The van der Waals surface area contributed by atoms with Gasteiger partial charge in [-0.2, -0.15) is 0 Å². The van der Waals surface area contributed by atoms with Crippen LogP contribution in [0.2, 0.25) is 0 Å². The topological polar surface area (TPSA) is 46.6 Å². The number of ether oxygens (including phenoxy) is 1. The lowest BCUT2D eigenvalue weighted by Crippen LogP contribution is -2.43. The van der Waals surface area contributed by atoms with Crippen molar-refractivity contribution in [3.05, 3.63) is 0 Å². The van der Waals surface area contributed by atoms with E-state index < -0.39 is 0 Å². The summed E-state index contributed by atoms with van der Waals surface area (Å²) in [6.45, 7) is 6.40. The summed E-state index contributed by atoms with van der Waals surface area (Å²) < 4.78 is 4.71. The molecule has 0 aromatic heterocycles. The molecule has 0 aromatic carbocycles. The highest BCUT2D eigenvalue weighted by Crippen LogP contribution is 2.25. The standard InChI is InChI=1S/C11H19NO3/c1-7(2)10(13)12-6-8(3)5-9(12)11(14)15-4/h7-9H,5-6H2,1-4H3. The van der Waals surface area contributed by atoms with E-state index in [0.29, 0.717) is 18.9 Å². The average molecular weight is 213 g/mol. The van der Waals surface area contributed by atoms with Crippen LogP contribution in [0.15, 0.2) is 0 Å². The molecule has 0 saturated carbocycles. The van der Waals surface area contributed by atoms with Crippen molar-refractivity contribution < 1.29 is 14.3 Å². The number of carbonyl (C=O) groups excluding carboxylic acids is 2. The average Bonchev–Trinajstić information content (AvgIpc) is 2.57. The van der Waals surface area contributed by atoms with Gasteiger partial charge in [0.1, 0.15) is 6.04 Å². The number of hydrogen-bond acceptors (Lipinski definition) is 3. The van der Waals surface area contributed by atoms with Crippen LogP contribution in [0.3, 0.4) is 0 Å². The van der Waals surface area contributed by atoms with E-state index in [2.05, 4.69) is 0 Å². The number of methoxy groups -OCH3 is 1. The highest BCUT2D eigenvalue weighted by atomic mass is 16.5. The molecule has 1 rings (SSSR count). The molecule has 0 aliphatic carbocycles. The zero-order valence-corrected chi connectivity index (χ0v) is 9.82. The number of carbonyl (C=O) groups is 2. The van der Waals surface area contributed by atoms with Gasteiger partial charge in [-0.1, -0.05) is 20.8 Å².